The number of methoxy groups -OCH3 is 1. The van der Waals surface area contributed by atoms with Crippen LogP contribution in [-0.4, -0.2) is 56.9 Å². The number of hydrogen-bond acceptors (Lipinski definition) is 5. The minimum absolute atomic E-state index is 0.0509. The van der Waals surface area contributed by atoms with Crippen LogP contribution in [-0.2, 0) is 26.0 Å². The number of amides is 2. The van der Waals surface area contributed by atoms with E-state index >= 15 is 0 Å². The van der Waals surface area contributed by atoms with E-state index in [1.54, 1.807) is 49.4 Å². The van der Waals surface area contributed by atoms with Crippen molar-refractivity contribution in [2.24, 2.45) is 0 Å². The van der Waals surface area contributed by atoms with E-state index in [-0.39, 0.29) is 23.0 Å². The minimum atomic E-state index is -4.12. The largest absolute Gasteiger partial charge is 0.497 e. The third-order valence-corrected chi connectivity index (χ3v) is 7.89. The van der Waals surface area contributed by atoms with Gasteiger partial charge in [-0.3, -0.25) is 13.9 Å². The Morgan fingerprint density at radius 2 is 1.54 bits per heavy atom. The fourth-order valence-electron chi connectivity index (χ4n) is 4.06. The van der Waals surface area contributed by atoms with E-state index in [0.717, 1.165) is 9.87 Å². The summed E-state index contributed by atoms with van der Waals surface area (Å²) in [6, 6.07) is 23.3. The number of hydrogen-bond donors (Lipinski definition) is 1. The number of carbonyl (C=O) groups is 2. The Kier molecular flexibility index (Phi) is 9.75. The fraction of sp³-hybridized carbons (Fsp3) is 0.333. The maximum atomic E-state index is 13.9. The lowest BCUT2D eigenvalue weighted by Crippen LogP contribution is -2.55. The maximum Gasteiger partial charge on any atom is 0.264 e. The van der Waals surface area contributed by atoms with Gasteiger partial charge in [-0.25, -0.2) is 8.42 Å². The Bertz CT molecular complexity index is 1360. The van der Waals surface area contributed by atoms with Crippen molar-refractivity contribution in [2.45, 2.75) is 50.6 Å². The molecule has 9 heteroatoms. The molecule has 1 unspecified atom stereocenters. The fourth-order valence-corrected chi connectivity index (χ4v) is 5.49. The van der Waals surface area contributed by atoms with Gasteiger partial charge in [0.15, 0.2) is 0 Å². The molecule has 0 saturated heterocycles. The Labute approximate surface area is 231 Å². The first-order valence-electron chi connectivity index (χ1n) is 12.8. The summed E-state index contributed by atoms with van der Waals surface area (Å²) in [5.74, 6) is -0.361. The second-order valence-electron chi connectivity index (χ2n) is 10.3. The highest BCUT2D eigenvalue weighted by molar-refractivity contribution is 7.92. The van der Waals surface area contributed by atoms with Crippen LogP contribution >= 0.6 is 0 Å². The van der Waals surface area contributed by atoms with E-state index in [4.69, 9.17) is 4.74 Å². The van der Waals surface area contributed by atoms with Crippen LogP contribution in [0, 0.1) is 0 Å². The molecule has 0 aliphatic heterocycles. The topological polar surface area (TPSA) is 96.0 Å². The van der Waals surface area contributed by atoms with Crippen molar-refractivity contribution < 1.29 is 22.7 Å². The van der Waals surface area contributed by atoms with Crippen LogP contribution in [0.15, 0.2) is 89.8 Å². The summed E-state index contributed by atoms with van der Waals surface area (Å²) < 4.78 is 34.0. The highest BCUT2D eigenvalue weighted by Gasteiger charge is 2.33. The minimum Gasteiger partial charge on any atom is -0.497 e. The van der Waals surface area contributed by atoms with E-state index in [2.05, 4.69) is 5.32 Å². The summed E-state index contributed by atoms with van der Waals surface area (Å²) in [7, 11) is -2.63. The van der Waals surface area contributed by atoms with Gasteiger partial charge >= 0.3 is 0 Å². The molecular formula is C30H37N3O5S. The van der Waals surface area contributed by atoms with Gasteiger partial charge in [-0.05, 0) is 63.9 Å². The van der Waals surface area contributed by atoms with Gasteiger partial charge in [0.2, 0.25) is 11.8 Å². The van der Waals surface area contributed by atoms with Crippen molar-refractivity contribution >= 4 is 27.5 Å². The summed E-state index contributed by atoms with van der Waals surface area (Å²) in [5.41, 5.74) is 0.782. The van der Waals surface area contributed by atoms with E-state index < -0.39 is 34.1 Å². The maximum absolute atomic E-state index is 13.9. The molecule has 1 N–H and O–H groups in total. The Morgan fingerprint density at radius 3 is 2.13 bits per heavy atom. The summed E-state index contributed by atoms with van der Waals surface area (Å²) in [6.45, 7) is 7.00. The van der Waals surface area contributed by atoms with Crippen LogP contribution in [0.3, 0.4) is 0 Å². The van der Waals surface area contributed by atoms with Crippen molar-refractivity contribution in [1.82, 2.24) is 10.2 Å². The Hall–Kier alpha value is -3.85. The first-order chi connectivity index (χ1) is 18.4. The molecule has 0 aromatic heterocycles. The zero-order valence-electron chi connectivity index (χ0n) is 23.1. The molecule has 0 spiro atoms. The van der Waals surface area contributed by atoms with Gasteiger partial charge in [-0.15, -0.1) is 0 Å². The number of sulfonamides is 1. The molecule has 1 atom stereocenters. The average Bonchev–Trinajstić information content (AvgIpc) is 2.91. The monoisotopic (exact) mass is 551 g/mol. The van der Waals surface area contributed by atoms with E-state index in [9.17, 15) is 18.0 Å². The highest BCUT2D eigenvalue weighted by atomic mass is 32.2. The molecule has 0 fully saturated rings. The summed E-state index contributed by atoms with van der Waals surface area (Å²) >= 11 is 0. The lowest BCUT2D eigenvalue weighted by Gasteiger charge is -2.33. The Balaban J connectivity index is 1.99. The highest BCUT2D eigenvalue weighted by Crippen LogP contribution is 2.27. The van der Waals surface area contributed by atoms with Gasteiger partial charge in [-0.1, -0.05) is 54.6 Å². The normalized spacial score (nSPS) is 12.3. The Morgan fingerprint density at radius 1 is 0.923 bits per heavy atom. The molecule has 0 saturated carbocycles. The number of ether oxygens (including phenoxy) is 1. The molecule has 3 aromatic rings. The zero-order chi connectivity index (χ0) is 28.6. The van der Waals surface area contributed by atoms with Crippen molar-refractivity contribution in [3.63, 3.8) is 0 Å². The van der Waals surface area contributed by atoms with Crippen molar-refractivity contribution in [3.8, 4) is 5.75 Å². The molecule has 0 aliphatic rings. The van der Waals surface area contributed by atoms with Gasteiger partial charge < -0.3 is 15.0 Å². The van der Waals surface area contributed by atoms with Crippen molar-refractivity contribution in [3.05, 3.63) is 90.5 Å². The average molecular weight is 552 g/mol. The number of anilines is 1. The summed E-state index contributed by atoms with van der Waals surface area (Å²) in [6.07, 6.45) is 0.504. The molecular weight excluding hydrogens is 514 g/mol. The molecule has 2 amide bonds. The lowest BCUT2D eigenvalue weighted by atomic mass is 10.1. The zero-order valence-corrected chi connectivity index (χ0v) is 23.9. The summed E-state index contributed by atoms with van der Waals surface area (Å²) in [4.78, 5) is 28.5. The van der Waals surface area contributed by atoms with Gasteiger partial charge in [0.1, 0.15) is 18.3 Å². The molecule has 208 valence electrons. The standard InChI is InChI=1S/C30H37N3O5S/c1-23(29(35)31-30(2,3)4)32(20-19-24-13-8-6-9-14-24)28(34)22-33(25-15-12-16-26(21-25)38-5)39(36,37)27-17-10-7-11-18-27/h6-18,21,23H,19-20,22H2,1-5H3,(H,31,35). The van der Waals surface area contributed by atoms with E-state index in [0.29, 0.717) is 12.2 Å². The molecule has 3 aromatic carbocycles. The number of rotatable bonds is 11. The molecule has 8 nitrogen and oxygen atoms in total. The number of benzene rings is 3. The molecule has 0 radical (unpaired) electrons. The molecule has 0 heterocycles. The van der Waals surface area contributed by atoms with Crippen molar-refractivity contribution in [1.29, 1.82) is 0 Å². The molecule has 0 aliphatic carbocycles. The predicted molar refractivity (Wildman–Crippen MR) is 153 cm³/mol. The van der Waals surface area contributed by atoms with Crippen LogP contribution in [0.4, 0.5) is 5.69 Å². The summed E-state index contributed by atoms with van der Waals surface area (Å²) in [5, 5.41) is 2.93. The third-order valence-electron chi connectivity index (χ3n) is 6.10. The van der Waals surface area contributed by atoms with E-state index in [1.807, 2.05) is 51.1 Å². The predicted octanol–water partition coefficient (Wildman–Crippen LogP) is 4.27. The van der Waals surface area contributed by atoms with Crippen LogP contribution in [0.2, 0.25) is 0 Å². The van der Waals surface area contributed by atoms with Crippen molar-refractivity contribution in [2.75, 3.05) is 24.5 Å². The smallest absolute Gasteiger partial charge is 0.264 e. The molecule has 39 heavy (non-hydrogen) atoms. The first kappa shape index (κ1) is 29.7. The second-order valence-corrected chi connectivity index (χ2v) is 12.1. The van der Waals surface area contributed by atoms with Gasteiger partial charge in [0.05, 0.1) is 17.7 Å². The van der Waals surface area contributed by atoms with Gasteiger partial charge in [0.25, 0.3) is 10.0 Å². The SMILES string of the molecule is COc1cccc(N(CC(=O)N(CCc2ccccc2)C(C)C(=O)NC(C)(C)C)S(=O)(=O)c2ccccc2)c1. The van der Waals surface area contributed by atoms with Crippen LogP contribution in [0.25, 0.3) is 0 Å². The van der Waals surface area contributed by atoms with Crippen LogP contribution in [0.1, 0.15) is 33.3 Å². The number of nitrogens with one attached hydrogen (secondary N) is 1. The van der Waals surface area contributed by atoms with Crippen LogP contribution in [0.5, 0.6) is 5.75 Å². The lowest BCUT2D eigenvalue weighted by molar-refractivity contribution is -0.139. The van der Waals surface area contributed by atoms with E-state index in [1.165, 1.54) is 24.1 Å². The quantitative estimate of drug-likeness (QED) is 0.384. The second kappa shape index (κ2) is 12.8. The first-order valence-corrected chi connectivity index (χ1v) is 14.2. The molecule has 3 rings (SSSR count). The van der Waals surface area contributed by atoms with Gasteiger partial charge in [0, 0.05) is 18.2 Å². The third kappa shape index (κ3) is 8.07. The molecule has 0 bridgehead atoms. The van der Waals surface area contributed by atoms with Gasteiger partial charge in [-0.2, -0.15) is 0 Å². The number of nitrogens with zero attached hydrogens (tertiary/aromatic N) is 2. The van der Waals surface area contributed by atoms with Crippen LogP contribution < -0.4 is 14.4 Å². The number of carbonyl (C=O) groups excluding carboxylic acids is 2.